The molecule has 0 amide bonds. The summed E-state index contributed by atoms with van der Waals surface area (Å²) in [5.41, 5.74) is 0.894. The van der Waals surface area contributed by atoms with Gasteiger partial charge in [-0.1, -0.05) is 26.5 Å². The number of hydrogen-bond donors (Lipinski definition) is 1. The maximum Gasteiger partial charge on any atom is 0.299 e. The van der Waals surface area contributed by atoms with Crippen LogP contribution in [0.25, 0.3) is 0 Å². The Hall–Kier alpha value is -0.910. The van der Waals surface area contributed by atoms with Crippen LogP contribution in [-0.4, -0.2) is 19.8 Å². The standard InChI is InChI=1S/C10H12O4S.CH4/c1-7-5-8-3-2-4-9(6-8)15(12,13)14-10(7)11;/h2-4,6-7,10-11H,5H2,1H3;1H4. The molecule has 0 saturated carbocycles. The largest absolute Gasteiger partial charge is 0.367 e. The summed E-state index contributed by atoms with van der Waals surface area (Å²) in [4.78, 5) is 0.103. The van der Waals surface area contributed by atoms with Crippen molar-refractivity contribution in [2.24, 2.45) is 5.92 Å². The van der Waals surface area contributed by atoms with Gasteiger partial charge in [0.15, 0.2) is 6.29 Å². The highest BCUT2D eigenvalue weighted by atomic mass is 32.2. The molecule has 1 N–H and O–H groups in total. The fourth-order valence-electron chi connectivity index (χ4n) is 1.58. The Labute approximate surface area is 96.0 Å². The molecule has 2 unspecified atom stereocenters. The minimum absolute atomic E-state index is 0. The third kappa shape index (κ3) is 2.42. The molecule has 90 valence electrons. The van der Waals surface area contributed by atoms with Crippen molar-refractivity contribution in [1.82, 2.24) is 0 Å². The van der Waals surface area contributed by atoms with Crippen LogP contribution in [-0.2, 0) is 20.7 Å². The minimum atomic E-state index is -3.81. The van der Waals surface area contributed by atoms with E-state index in [1.54, 1.807) is 19.1 Å². The second-order valence-electron chi connectivity index (χ2n) is 3.77. The molecule has 1 aromatic carbocycles. The van der Waals surface area contributed by atoms with Crippen molar-refractivity contribution < 1.29 is 17.7 Å². The molecule has 0 saturated heterocycles. The molecule has 0 aliphatic carbocycles. The first kappa shape index (κ1) is 13.2. The van der Waals surface area contributed by atoms with Gasteiger partial charge in [-0.2, -0.15) is 8.42 Å². The number of aliphatic hydroxyl groups excluding tert-OH is 1. The number of rotatable bonds is 0. The smallest absolute Gasteiger partial charge is 0.299 e. The third-order valence-electron chi connectivity index (χ3n) is 2.46. The summed E-state index contributed by atoms with van der Waals surface area (Å²) in [7, 11) is -3.81. The highest BCUT2D eigenvalue weighted by Gasteiger charge is 2.27. The zero-order chi connectivity index (χ0) is 11.1. The fraction of sp³-hybridized carbons (Fsp3) is 0.455. The molecule has 2 atom stereocenters. The van der Waals surface area contributed by atoms with Gasteiger partial charge in [0.25, 0.3) is 10.1 Å². The van der Waals surface area contributed by atoms with E-state index in [1.165, 1.54) is 6.07 Å². The molecule has 1 aromatic rings. The normalized spacial score (nSPS) is 27.4. The molecule has 2 rings (SSSR count). The van der Waals surface area contributed by atoms with E-state index in [0.29, 0.717) is 6.42 Å². The summed E-state index contributed by atoms with van der Waals surface area (Å²) in [5.74, 6) is -0.240. The second kappa shape index (κ2) is 4.53. The Kier molecular flexibility index (Phi) is 3.72. The zero-order valence-electron chi connectivity index (χ0n) is 8.25. The highest BCUT2D eigenvalue weighted by Crippen LogP contribution is 2.24. The van der Waals surface area contributed by atoms with Crippen LogP contribution >= 0.6 is 0 Å². The highest BCUT2D eigenvalue weighted by molar-refractivity contribution is 7.86. The van der Waals surface area contributed by atoms with Crippen molar-refractivity contribution in [3.8, 4) is 0 Å². The first-order chi connectivity index (χ1) is 6.99. The Bertz CT molecular complexity index is 467. The first-order valence-electron chi connectivity index (χ1n) is 4.69. The van der Waals surface area contributed by atoms with Crippen LogP contribution in [0.2, 0.25) is 0 Å². The van der Waals surface area contributed by atoms with Gasteiger partial charge in [-0.25, -0.2) is 4.18 Å². The van der Waals surface area contributed by atoms with Crippen molar-refractivity contribution in [3.05, 3.63) is 29.8 Å². The average molecular weight is 244 g/mol. The van der Waals surface area contributed by atoms with Crippen LogP contribution in [0, 0.1) is 5.92 Å². The van der Waals surface area contributed by atoms with E-state index in [-0.39, 0.29) is 18.2 Å². The molecule has 0 fully saturated rings. The molecule has 1 aliphatic rings. The van der Waals surface area contributed by atoms with Gasteiger partial charge in [0, 0.05) is 5.92 Å². The van der Waals surface area contributed by atoms with Crippen molar-refractivity contribution in [3.63, 3.8) is 0 Å². The summed E-state index contributed by atoms with van der Waals surface area (Å²) in [6.07, 6.45) is -0.668. The number of aliphatic hydroxyl groups is 1. The van der Waals surface area contributed by atoms with Gasteiger partial charge in [-0.05, 0) is 24.1 Å². The quantitative estimate of drug-likeness (QED) is 0.703. The van der Waals surface area contributed by atoms with E-state index in [4.69, 9.17) is 0 Å². The van der Waals surface area contributed by atoms with Crippen molar-refractivity contribution in [1.29, 1.82) is 0 Å². The Morgan fingerprint density at radius 3 is 2.81 bits per heavy atom. The summed E-state index contributed by atoms with van der Waals surface area (Å²) in [6.45, 7) is 1.75. The number of hydrogen-bond acceptors (Lipinski definition) is 4. The van der Waals surface area contributed by atoms with Crippen LogP contribution in [0.3, 0.4) is 0 Å². The van der Waals surface area contributed by atoms with Gasteiger partial charge < -0.3 is 5.11 Å². The SMILES string of the molecule is C.CC1Cc2cccc(c2)S(=O)(=O)OC1O. The molecule has 1 aliphatic heterocycles. The lowest BCUT2D eigenvalue weighted by atomic mass is 10.0. The van der Waals surface area contributed by atoms with E-state index in [0.717, 1.165) is 5.56 Å². The Morgan fingerprint density at radius 1 is 1.44 bits per heavy atom. The molecule has 1 heterocycles. The van der Waals surface area contributed by atoms with Gasteiger partial charge >= 0.3 is 0 Å². The summed E-state index contributed by atoms with van der Waals surface area (Å²) in [6, 6.07) is 6.56. The predicted molar refractivity (Wildman–Crippen MR) is 60.3 cm³/mol. The van der Waals surface area contributed by atoms with Crippen LogP contribution in [0.4, 0.5) is 0 Å². The lowest BCUT2D eigenvalue weighted by Gasteiger charge is -2.21. The van der Waals surface area contributed by atoms with Gasteiger partial charge in [0.1, 0.15) is 0 Å². The molecule has 4 nitrogen and oxygen atoms in total. The zero-order valence-corrected chi connectivity index (χ0v) is 9.07. The molecule has 0 spiro atoms. The monoisotopic (exact) mass is 244 g/mol. The maximum absolute atomic E-state index is 11.6. The second-order valence-corrected chi connectivity index (χ2v) is 5.34. The van der Waals surface area contributed by atoms with E-state index in [1.807, 2.05) is 6.07 Å². The Balaban J connectivity index is 0.00000128. The van der Waals surface area contributed by atoms with Crippen molar-refractivity contribution in [2.75, 3.05) is 0 Å². The topological polar surface area (TPSA) is 63.6 Å². The number of benzene rings is 1. The lowest BCUT2D eigenvalue weighted by Crippen LogP contribution is -2.28. The Morgan fingerprint density at radius 2 is 2.12 bits per heavy atom. The molecule has 5 heteroatoms. The molecular formula is C11H16O4S. The van der Waals surface area contributed by atoms with E-state index < -0.39 is 16.4 Å². The van der Waals surface area contributed by atoms with Crippen LogP contribution in [0.5, 0.6) is 0 Å². The fourth-order valence-corrected chi connectivity index (χ4v) is 2.68. The van der Waals surface area contributed by atoms with Gasteiger partial charge in [0.05, 0.1) is 4.90 Å². The molecular weight excluding hydrogens is 228 g/mol. The molecule has 16 heavy (non-hydrogen) atoms. The number of fused-ring (bicyclic) bond motifs is 2. The minimum Gasteiger partial charge on any atom is -0.367 e. The first-order valence-corrected chi connectivity index (χ1v) is 6.10. The molecule has 0 radical (unpaired) electrons. The van der Waals surface area contributed by atoms with Crippen LogP contribution < -0.4 is 0 Å². The predicted octanol–water partition coefficient (Wildman–Crippen LogP) is 1.54. The summed E-state index contributed by atoms with van der Waals surface area (Å²) in [5, 5.41) is 9.49. The van der Waals surface area contributed by atoms with E-state index >= 15 is 0 Å². The van der Waals surface area contributed by atoms with Gasteiger partial charge in [-0.15, -0.1) is 0 Å². The van der Waals surface area contributed by atoms with Gasteiger partial charge in [0.2, 0.25) is 0 Å². The van der Waals surface area contributed by atoms with Crippen LogP contribution in [0.1, 0.15) is 19.9 Å². The van der Waals surface area contributed by atoms with E-state index in [2.05, 4.69) is 4.18 Å². The van der Waals surface area contributed by atoms with Gasteiger partial charge in [-0.3, -0.25) is 0 Å². The van der Waals surface area contributed by atoms with Crippen molar-refractivity contribution >= 4 is 10.1 Å². The summed E-state index contributed by atoms with van der Waals surface area (Å²) < 4.78 is 27.8. The third-order valence-corrected chi connectivity index (χ3v) is 3.74. The molecule has 2 bridgehead atoms. The maximum atomic E-state index is 11.6. The van der Waals surface area contributed by atoms with Crippen molar-refractivity contribution in [2.45, 2.75) is 32.0 Å². The van der Waals surface area contributed by atoms with E-state index in [9.17, 15) is 13.5 Å². The lowest BCUT2D eigenvalue weighted by molar-refractivity contribution is -0.0526. The molecule has 0 aromatic heterocycles. The van der Waals surface area contributed by atoms with Crippen LogP contribution in [0.15, 0.2) is 29.2 Å². The average Bonchev–Trinajstić information content (AvgIpc) is 2.16. The summed E-state index contributed by atoms with van der Waals surface area (Å²) >= 11 is 0.